The van der Waals surface area contributed by atoms with Crippen LogP contribution in [0.4, 0.5) is 16.2 Å². The number of urea groups is 1. The van der Waals surface area contributed by atoms with E-state index < -0.39 is 25.7 Å². The molecule has 16 heteroatoms. The van der Waals surface area contributed by atoms with Crippen LogP contribution in [0, 0.1) is 12.3 Å². The summed E-state index contributed by atoms with van der Waals surface area (Å²) in [5.74, 6) is -0.538. The number of hydrogen-bond donors (Lipinski definition) is 6. The zero-order valence-corrected chi connectivity index (χ0v) is 26.5. The number of nitrogens with one attached hydrogen (secondary N) is 3. The molecule has 42 heavy (non-hydrogen) atoms. The zero-order chi connectivity index (χ0) is 31.2. The summed E-state index contributed by atoms with van der Waals surface area (Å²) in [6.45, 7) is 2.10. The molecule has 2 amide bonds. The molecular formula is C26H33N7O5S4. The van der Waals surface area contributed by atoms with Gasteiger partial charge in [-0.15, -0.1) is 23.1 Å². The summed E-state index contributed by atoms with van der Waals surface area (Å²) in [6.07, 6.45) is 3.80. The number of rotatable bonds is 12. The fourth-order valence-corrected chi connectivity index (χ4v) is 8.81. The third kappa shape index (κ3) is 8.24. The molecule has 0 aliphatic rings. The Morgan fingerprint density at radius 1 is 1.05 bits per heavy atom. The molecule has 1 heterocycles. The number of amidine groups is 1. The molecule has 0 saturated carbocycles. The van der Waals surface area contributed by atoms with Gasteiger partial charge in [0.15, 0.2) is 5.96 Å². The van der Waals surface area contributed by atoms with Crippen molar-refractivity contribution in [2.24, 2.45) is 22.2 Å². The summed E-state index contributed by atoms with van der Waals surface area (Å²) in [5, 5.41) is 13.3. The van der Waals surface area contributed by atoms with Crippen molar-refractivity contribution >= 4 is 72.0 Å². The third-order valence-electron chi connectivity index (χ3n) is 5.94. The topological polar surface area (TPSA) is 224 Å². The van der Waals surface area contributed by atoms with Gasteiger partial charge in [-0.25, -0.2) is 26.6 Å². The van der Waals surface area contributed by atoms with Gasteiger partial charge in [0.25, 0.3) is 0 Å². The highest BCUT2D eigenvalue weighted by atomic mass is 32.2. The number of thiophene rings is 1. The molecule has 226 valence electrons. The van der Waals surface area contributed by atoms with Crippen molar-refractivity contribution in [3.63, 3.8) is 0 Å². The standard InChI is InChI=1S/C26H33N7O5S4/c1-15-7-6-8-18(33-26(34)31-11-4-5-12-41(3,35)36)22(15)16-9-10-17(32-25(29)30)20(13-16)42(37,38)21-14-19(23(27)28)40-24(21)39-2/h6-10,13-14H,4-5,11-12H2,1-3H3,(H3,27,28)(H4,29,30,32)(H2,31,33,34). The molecule has 0 saturated heterocycles. The Morgan fingerprint density at radius 3 is 2.38 bits per heavy atom. The predicted molar refractivity (Wildman–Crippen MR) is 171 cm³/mol. The molecule has 0 spiro atoms. The summed E-state index contributed by atoms with van der Waals surface area (Å²) in [4.78, 5) is 16.8. The van der Waals surface area contributed by atoms with Gasteiger partial charge in [-0.3, -0.25) is 5.41 Å². The highest BCUT2D eigenvalue weighted by Gasteiger charge is 2.28. The number of nitrogens with two attached hydrogens (primary N) is 3. The first kappa shape index (κ1) is 32.9. The van der Waals surface area contributed by atoms with Crippen molar-refractivity contribution < 1.29 is 21.6 Å². The number of thioether (sulfide) groups is 1. The number of aryl methyl sites for hydroxylation is 1. The number of hydrogen-bond acceptors (Lipinski definition) is 9. The lowest BCUT2D eigenvalue weighted by Gasteiger charge is -2.16. The number of unbranched alkanes of at least 4 members (excludes halogenated alkanes) is 1. The van der Waals surface area contributed by atoms with Crippen LogP contribution >= 0.6 is 23.1 Å². The monoisotopic (exact) mass is 651 g/mol. The lowest BCUT2D eigenvalue weighted by Crippen LogP contribution is -2.30. The van der Waals surface area contributed by atoms with Crippen molar-refractivity contribution in [2.75, 3.05) is 30.1 Å². The van der Waals surface area contributed by atoms with E-state index in [1.807, 2.05) is 13.0 Å². The Hall–Kier alpha value is -3.60. The van der Waals surface area contributed by atoms with Crippen molar-refractivity contribution in [1.82, 2.24) is 5.32 Å². The third-order valence-corrected chi connectivity index (χ3v) is 11.3. The van der Waals surface area contributed by atoms with Crippen LogP contribution in [0.1, 0.15) is 23.3 Å². The largest absolute Gasteiger partial charge is 0.383 e. The number of nitrogen functional groups attached to an aromatic ring is 1. The number of anilines is 1. The van der Waals surface area contributed by atoms with E-state index in [0.29, 0.717) is 38.7 Å². The van der Waals surface area contributed by atoms with Crippen molar-refractivity contribution in [2.45, 2.75) is 33.8 Å². The second-order valence-corrected chi connectivity index (χ2v) is 15.6. The molecule has 0 aliphatic heterocycles. The average Bonchev–Trinajstić information content (AvgIpc) is 3.34. The van der Waals surface area contributed by atoms with E-state index in [1.165, 1.54) is 36.2 Å². The maximum atomic E-state index is 14.0. The normalized spacial score (nSPS) is 11.6. The Kier molecular flexibility index (Phi) is 10.6. The van der Waals surface area contributed by atoms with Gasteiger partial charge < -0.3 is 27.8 Å². The van der Waals surface area contributed by atoms with Crippen LogP contribution in [0.5, 0.6) is 0 Å². The average molecular weight is 652 g/mol. The van der Waals surface area contributed by atoms with Crippen molar-refractivity contribution in [3.8, 4) is 11.1 Å². The summed E-state index contributed by atoms with van der Waals surface area (Å²) in [5.41, 5.74) is 19.1. The molecule has 0 unspecified atom stereocenters. The first-order valence-corrected chi connectivity index (χ1v) is 18.1. The number of amides is 2. The number of sulfone groups is 2. The Bertz CT molecular complexity index is 1750. The van der Waals surface area contributed by atoms with Crippen LogP contribution < -0.4 is 27.8 Å². The second kappa shape index (κ2) is 13.6. The van der Waals surface area contributed by atoms with E-state index in [1.54, 1.807) is 24.5 Å². The second-order valence-electron chi connectivity index (χ2n) is 9.32. The molecular weight excluding hydrogens is 619 g/mol. The minimum absolute atomic E-state index is 0.0206. The number of nitrogens with zero attached hydrogens (tertiary/aromatic N) is 1. The Morgan fingerprint density at radius 2 is 1.76 bits per heavy atom. The predicted octanol–water partition coefficient (Wildman–Crippen LogP) is 3.41. The van der Waals surface area contributed by atoms with E-state index in [2.05, 4.69) is 15.6 Å². The summed E-state index contributed by atoms with van der Waals surface area (Å²) >= 11 is 2.31. The molecule has 12 nitrogen and oxygen atoms in total. The fraction of sp³-hybridized carbons (Fsp3) is 0.269. The molecule has 0 fully saturated rings. The minimum atomic E-state index is -4.20. The quantitative estimate of drug-likeness (QED) is 0.0729. The van der Waals surface area contributed by atoms with Gasteiger partial charge >= 0.3 is 6.03 Å². The van der Waals surface area contributed by atoms with Gasteiger partial charge in [0.05, 0.1) is 30.3 Å². The molecule has 2 aromatic carbocycles. The van der Waals surface area contributed by atoms with Gasteiger partial charge in [0, 0.05) is 24.1 Å². The van der Waals surface area contributed by atoms with Crippen LogP contribution in [0.2, 0.25) is 0 Å². The van der Waals surface area contributed by atoms with Crippen molar-refractivity contribution in [1.29, 1.82) is 5.41 Å². The number of carbonyl (C=O) groups excluding carboxylic acids is 1. The number of guanidine groups is 1. The maximum absolute atomic E-state index is 14.0. The van der Waals surface area contributed by atoms with Crippen LogP contribution in [0.25, 0.3) is 11.1 Å². The molecule has 0 atom stereocenters. The molecule has 9 N–H and O–H groups in total. The van der Waals surface area contributed by atoms with E-state index in [-0.39, 0.29) is 39.6 Å². The summed E-state index contributed by atoms with van der Waals surface area (Å²) in [7, 11) is -7.27. The van der Waals surface area contributed by atoms with Crippen LogP contribution in [-0.4, -0.2) is 59.5 Å². The first-order valence-electron chi connectivity index (χ1n) is 12.5. The number of carbonyl (C=O) groups is 1. The smallest absolute Gasteiger partial charge is 0.319 e. The molecule has 3 aromatic rings. The minimum Gasteiger partial charge on any atom is -0.383 e. The molecule has 0 bridgehead atoms. The summed E-state index contributed by atoms with van der Waals surface area (Å²) in [6, 6.07) is 10.7. The molecule has 1 aromatic heterocycles. The highest BCUT2D eigenvalue weighted by Crippen LogP contribution is 2.42. The van der Waals surface area contributed by atoms with E-state index in [0.717, 1.165) is 16.9 Å². The zero-order valence-electron chi connectivity index (χ0n) is 23.2. The molecule has 0 aliphatic carbocycles. The fourth-order valence-electron chi connectivity index (χ4n) is 4.07. The van der Waals surface area contributed by atoms with Crippen LogP contribution in [0.3, 0.4) is 0 Å². The maximum Gasteiger partial charge on any atom is 0.319 e. The Labute approximate surface area is 253 Å². The van der Waals surface area contributed by atoms with Crippen LogP contribution in [-0.2, 0) is 19.7 Å². The molecule has 0 radical (unpaired) electrons. The number of aliphatic imine (C=N–C) groups is 1. The van der Waals surface area contributed by atoms with Gasteiger partial charge in [-0.2, -0.15) is 0 Å². The first-order chi connectivity index (χ1) is 19.6. The van der Waals surface area contributed by atoms with E-state index >= 15 is 0 Å². The number of benzene rings is 2. The summed E-state index contributed by atoms with van der Waals surface area (Å²) < 4.78 is 51.1. The lowest BCUT2D eigenvalue weighted by atomic mass is 9.98. The van der Waals surface area contributed by atoms with Gasteiger partial charge in [-0.1, -0.05) is 18.2 Å². The van der Waals surface area contributed by atoms with Gasteiger partial charge in [0.1, 0.15) is 15.7 Å². The highest BCUT2D eigenvalue weighted by molar-refractivity contribution is 8.01. The van der Waals surface area contributed by atoms with E-state index in [9.17, 15) is 21.6 Å². The molecule has 3 rings (SSSR count). The van der Waals surface area contributed by atoms with E-state index in [4.69, 9.17) is 22.6 Å². The van der Waals surface area contributed by atoms with Crippen LogP contribution in [0.15, 0.2) is 61.5 Å². The SMILES string of the molecule is CSc1sc(C(=N)N)cc1S(=O)(=O)c1cc(-c2c(C)cccc2NC(=O)NCCCCS(C)(=O)=O)ccc1N=C(N)N. The van der Waals surface area contributed by atoms with Gasteiger partial charge in [-0.05, 0) is 61.4 Å². The van der Waals surface area contributed by atoms with Gasteiger partial charge in [0.2, 0.25) is 9.84 Å². The lowest BCUT2D eigenvalue weighted by molar-refractivity contribution is 0.252. The Balaban J connectivity index is 2.04. The van der Waals surface area contributed by atoms with Crippen molar-refractivity contribution in [3.05, 3.63) is 52.9 Å².